The number of fused-ring (bicyclic) bond motifs is 1. The number of pyridine rings is 1. The Morgan fingerprint density at radius 3 is 2.65 bits per heavy atom. The number of para-hydroxylation sites is 1. The van der Waals surface area contributed by atoms with Crippen molar-refractivity contribution in [3.05, 3.63) is 35.4 Å². The van der Waals surface area contributed by atoms with Crippen molar-refractivity contribution in [2.75, 3.05) is 6.61 Å². The molecule has 1 aromatic heterocycles. The summed E-state index contributed by atoms with van der Waals surface area (Å²) in [6, 6.07) is 7.36. The molecular formula is C15H16F3NO. The largest absolute Gasteiger partial charge is 0.468 e. The van der Waals surface area contributed by atoms with Crippen LogP contribution in [0.3, 0.4) is 0 Å². The topological polar surface area (TPSA) is 22.1 Å². The molecule has 0 N–H and O–H groups in total. The van der Waals surface area contributed by atoms with Crippen molar-refractivity contribution < 1.29 is 17.9 Å². The Balaban J connectivity index is 2.41. The van der Waals surface area contributed by atoms with E-state index in [9.17, 15) is 13.2 Å². The van der Waals surface area contributed by atoms with Crippen LogP contribution >= 0.6 is 0 Å². The van der Waals surface area contributed by atoms with Crippen molar-refractivity contribution in [2.24, 2.45) is 0 Å². The second-order valence-corrected chi connectivity index (χ2v) is 4.74. The molecule has 0 fully saturated rings. The highest BCUT2D eigenvalue weighted by Gasteiger charge is 2.28. The van der Waals surface area contributed by atoms with Gasteiger partial charge in [0, 0.05) is 11.5 Å². The lowest BCUT2D eigenvalue weighted by molar-refractivity contribution is -0.154. The predicted molar refractivity (Wildman–Crippen MR) is 72.0 cm³/mol. The third kappa shape index (κ3) is 3.40. The molecule has 0 atom stereocenters. The van der Waals surface area contributed by atoms with E-state index in [0.717, 1.165) is 34.9 Å². The molecule has 2 aromatic rings. The first kappa shape index (κ1) is 14.6. The summed E-state index contributed by atoms with van der Waals surface area (Å²) < 4.78 is 41.4. The first-order valence-corrected chi connectivity index (χ1v) is 6.49. The molecule has 0 aliphatic carbocycles. The molecule has 0 saturated carbocycles. The number of alkyl halides is 3. The predicted octanol–water partition coefficient (Wildman–Crippen LogP) is 4.44. The van der Waals surface area contributed by atoms with Crippen LogP contribution in [0.2, 0.25) is 0 Å². The molecule has 5 heteroatoms. The van der Waals surface area contributed by atoms with Crippen molar-refractivity contribution in [1.82, 2.24) is 4.98 Å². The van der Waals surface area contributed by atoms with E-state index in [4.69, 9.17) is 4.74 Å². The average molecular weight is 283 g/mol. The van der Waals surface area contributed by atoms with Crippen LogP contribution in [0, 0.1) is 6.92 Å². The summed E-state index contributed by atoms with van der Waals surface area (Å²) in [6.45, 7) is 2.58. The van der Waals surface area contributed by atoms with E-state index < -0.39 is 12.8 Å². The van der Waals surface area contributed by atoms with Crippen LogP contribution in [0.15, 0.2) is 24.3 Å². The van der Waals surface area contributed by atoms with Gasteiger partial charge in [-0.05, 0) is 24.5 Å². The van der Waals surface area contributed by atoms with Crippen LogP contribution in [0.25, 0.3) is 10.9 Å². The maximum atomic E-state index is 12.2. The van der Waals surface area contributed by atoms with Gasteiger partial charge in [-0.2, -0.15) is 13.2 Å². The van der Waals surface area contributed by atoms with Gasteiger partial charge >= 0.3 is 6.18 Å². The van der Waals surface area contributed by atoms with E-state index in [1.165, 1.54) is 0 Å². The van der Waals surface area contributed by atoms with Crippen LogP contribution in [0.1, 0.15) is 24.5 Å². The first-order valence-electron chi connectivity index (χ1n) is 6.49. The van der Waals surface area contributed by atoms with Crippen LogP contribution < -0.4 is 4.74 Å². The van der Waals surface area contributed by atoms with Crippen molar-refractivity contribution in [3.8, 4) is 5.88 Å². The Bertz CT molecular complexity index is 608. The third-order valence-corrected chi connectivity index (χ3v) is 3.01. The summed E-state index contributed by atoms with van der Waals surface area (Å²) in [5, 5.41) is 0.954. The fourth-order valence-corrected chi connectivity index (χ4v) is 2.15. The number of halogens is 3. The Morgan fingerprint density at radius 2 is 2.00 bits per heavy atom. The zero-order valence-corrected chi connectivity index (χ0v) is 11.4. The molecule has 0 saturated heterocycles. The number of rotatable bonds is 4. The van der Waals surface area contributed by atoms with E-state index in [2.05, 4.69) is 11.9 Å². The summed E-state index contributed by atoms with van der Waals surface area (Å²) in [7, 11) is 0. The third-order valence-electron chi connectivity index (χ3n) is 3.01. The second-order valence-electron chi connectivity index (χ2n) is 4.74. The minimum absolute atomic E-state index is 0.0240. The number of hydrogen-bond acceptors (Lipinski definition) is 2. The second kappa shape index (κ2) is 5.69. The number of aryl methyl sites for hydroxylation is 2. The number of hydrogen-bond donors (Lipinski definition) is 0. The number of benzene rings is 1. The number of ether oxygens (including phenoxy) is 1. The Hall–Kier alpha value is -1.78. The molecule has 1 aromatic carbocycles. The monoisotopic (exact) mass is 283 g/mol. The molecule has 0 aliphatic heterocycles. The summed E-state index contributed by atoms with van der Waals surface area (Å²) in [6.07, 6.45) is -2.56. The van der Waals surface area contributed by atoms with E-state index in [0.29, 0.717) is 0 Å². The van der Waals surface area contributed by atoms with E-state index in [-0.39, 0.29) is 5.88 Å². The minimum atomic E-state index is -4.35. The molecule has 20 heavy (non-hydrogen) atoms. The molecule has 0 amide bonds. The molecule has 0 unspecified atom stereocenters. The van der Waals surface area contributed by atoms with Gasteiger partial charge in [-0.15, -0.1) is 0 Å². The SMILES string of the molecule is CCCc1cccc2c(C)cc(OCC(F)(F)F)nc12. The Kier molecular flexibility index (Phi) is 4.16. The standard InChI is InChI=1S/C15H16F3NO/c1-3-5-11-6-4-7-12-10(2)8-13(19-14(11)12)20-9-15(16,17)18/h4,6-8H,3,5,9H2,1-2H3. The van der Waals surface area contributed by atoms with Crippen molar-refractivity contribution in [3.63, 3.8) is 0 Å². The highest BCUT2D eigenvalue weighted by atomic mass is 19.4. The van der Waals surface area contributed by atoms with Gasteiger partial charge in [-0.25, -0.2) is 4.98 Å². The molecular weight excluding hydrogens is 267 g/mol. The number of nitrogens with zero attached hydrogens (tertiary/aromatic N) is 1. The molecule has 0 bridgehead atoms. The summed E-state index contributed by atoms with van der Waals surface area (Å²) >= 11 is 0. The van der Waals surface area contributed by atoms with E-state index >= 15 is 0 Å². The van der Waals surface area contributed by atoms with Gasteiger partial charge in [0.1, 0.15) is 0 Å². The summed E-state index contributed by atoms with van der Waals surface area (Å²) in [5.41, 5.74) is 2.63. The molecule has 2 rings (SSSR count). The van der Waals surface area contributed by atoms with Crippen LogP contribution in [-0.4, -0.2) is 17.8 Å². The maximum absolute atomic E-state index is 12.2. The number of aromatic nitrogens is 1. The van der Waals surface area contributed by atoms with Gasteiger partial charge in [-0.3, -0.25) is 0 Å². The van der Waals surface area contributed by atoms with Gasteiger partial charge in [0.25, 0.3) is 0 Å². The highest BCUT2D eigenvalue weighted by Crippen LogP contribution is 2.26. The van der Waals surface area contributed by atoms with Gasteiger partial charge in [0.2, 0.25) is 5.88 Å². The average Bonchev–Trinajstić information content (AvgIpc) is 2.37. The zero-order valence-electron chi connectivity index (χ0n) is 11.4. The smallest absolute Gasteiger partial charge is 0.422 e. The highest BCUT2D eigenvalue weighted by molar-refractivity contribution is 5.85. The van der Waals surface area contributed by atoms with E-state index in [1.54, 1.807) is 6.07 Å². The van der Waals surface area contributed by atoms with Crippen molar-refractivity contribution in [2.45, 2.75) is 32.9 Å². The lowest BCUT2D eigenvalue weighted by Crippen LogP contribution is -2.19. The minimum Gasteiger partial charge on any atom is -0.468 e. The van der Waals surface area contributed by atoms with E-state index in [1.807, 2.05) is 25.1 Å². The Labute approximate surface area is 115 Å². The maximum Gasteiger partial charge on any atom is 0.422 e. The normalized spacial score (nSPS) is 11.8. The van der Waals surface area contributed by atoms with Crippen molar-refractivity contribution in [1.29, 1.82) is 0 Å². The lowest BCUT2D eigenvalue weighted by atomic mass is 10.0. The lowest BCUT2D eigenvalue weighted by Gasteiger charge is -2.12. The van der Waals surface area contributed by atoms with Gasteiger partial charge in [0.15, 0.2) is 6.61 Å². The zero-order chi connectivity index (χ0) is 14.8. The molecule has 0 radical (unpaired) electrons. The fraction of sp³-hybridized carbons (Fsp3) is 0.400. The van der Waals surface area contributed by atoms with Crippen LogP contribution in [-0.2, 0) is 6.42 Å². The summed E-state index contributed by atoms with van der Waals surface area (Å²) in [5.74, 6) is 0.0240. The first-order chi connectivity index (χ1) is 9.40. The molecule has 2 nitrogen and oxygen atoms in total. The van der Waals surface area contributed by atoms with Gasteiger partial charge < -0.3 is 4.74 Å². The quantitative estimate of drug-likeness (QED) is 0.827. The van der Waals surface area contributed by atoms with Gasteiger partial charge in [-0.1, -0.05) is 31.5 Å². The molecule has 0 aliphatic rings. The summed E-state index contributed by atoms with van der Waals surface area (Å²) in [4.78, 5) is 4.24. The fourth-order valence-electron chi connectivity index (χ4n) is 2.15. The molecule has 108 valence electrons. The van der Waals surface area contributed by atoms with Crippen LogP contribution in [0.5, 0.6) is 5.88 Å². The Morgan fingerprint density at radius 1 is 1.25 bits per heavy atom. The van der Waals surface area contributed by atoms with Crippen LogP contribution in [0.4, 0.5) is 13.2 Å². The van der Waals surface area contributed by atoms with Crippen molar-refractivity contribution >= 4 is 10.9 Å². The van der Waals surface area contributed by atoms with Gasteiger partial charge in [0.05, 0.1) is 5.52 Å². The molecule has 1 heterocycles. The molecule has 0 spiro atoms.